The minimum Gasteiger partial charge on any atom is -0.456 e. The zero-order valence-electron chi connectivity index (χ0n) is 33.2. The van der Waals surface area contributed by atoms with Gasteiger partial charge in [0.25, 0.3) is 0 Å². The van der Waals surface area contributed by atoms with E-state index in [0.717, 1.165) is 77.3 Å². The molecule has 0 N–H and O–H groups in total. The van der Waals surface area contributed by atoms with Crippen molar-refractivity contribution in [1.82, 2.24) is 15.0 Å². The fourth-order valence-corrected chi connectivity index (χ4v) is 9.44. The SMILES string of the molecule is c1ccc(-c2nc(-c3ccc(-c4cccc5oc6ccc(-c7ccc8c9ccccc9c9ccccc9c8c7)cc6c45)cc3)nc(-c3cccc4oc5ccccc5c34)n2)cc1. The smallest absolute Gasteiger partial charge is 0.164 e. The predicted octanol–water partition coefficient (Wildman–Crippen LogP) is 15.5. The molecule has 13 rings (SSSR count). The molecule has 288 valence electrons. The molecule has 0 fully saturated rings. The molecule has 0 bridgehead atoms. The molecule has 0 saturated heterocycles. The molecule has 5 nitrogen and oxygen atoms in total. The molecule has 3 aromatic heterocycles. The van der Waals surface area contributed by atoms with Crippen molar-refractivity contribution in [3.05, 3.63) is 200 Å². The first-order chi connectivity index (χ1) is 30.7. The molecule has 5 heteroatoms. The summed E-state index contributed by atoms with van der Waals surface area (Å²) in [7, 11) is 0. The molecule has 0 aliphatic rings. The van der Waals surface area contributed by atoms with Crippen LogP contribution in [0, 0.1) is 0 Å². The summed E-state index contributed by atoms with van der Waals surface area (Å²) in [5.74, 6) is 1.80. The Kier molecular flexibility index (Phi) is 7.54. The Morgan fingerprint density at radius 3 is 1.35 bits per heavy atom. The Bertz CT molecular complexity index is 3890. The lowest BCUT2D eigenvalue weighted by Crippen LogP contribution is -2.00. The molecular formula is C57H33N3O2. The van der Waals surface area contributed by atoms with Crippen LogP contribution in [-0.4, -0.2) is 15.0 Å². The van der Waals surface area contributed by atoms with Crippen LogP contribution in [0.5, 0.6) is 0 Å². The van der Waals surface area contributed by atoms with Crippen molar-refractivity contribution in [1.29, 1.82) is 0 Å². The molecule has 0 radical (unpaired) electrons. The largest absolute Gasteiger partial charge is 0.456 e. The first-order valence-electron chi connectivity index (χ1n) is 20.8. The number of aromatic nitrogens is 3. The van der Waals surface area contributed by atoms with E-state index < -0.39 is 0 Å². The fourth-order valence-electron chi connectivity index (χ4n) is 9.44. The highest BCUT2D eigenvalue weighted by atomic mass is 16.3. The summed E-state index contributed by atoms with van der Waals surface area (Å²) >= 11 is 0. The van der Waals surface area contributed by atoms with Crippen molar-refractivity contribution in [2.45, 2.75) is 0 Å². The summed E-state index contributed by atoms with van der Waals surface area (Å²) in [6, 6.07) is 69.9. The highest BCUT2D eigenvalue weighted by Gasteiger charge is 2.19. The fraction of sp³-hybridized carbons (Fsp3) is 0. The van der Waals surface area contributed by atoms with Gasteiger partial charge in [0, 0.05) is 38.2 Å². The zero-order chi connectivity index (χ0) is 40.7. The van der Waals surface area contributed by atoms with E-state index in [0.29, 0.717) is 17.5 Å². The van der Waals surface area contributed by atoms with E-state index in [9.17, 15) is 0 Å². The highest BCUT2D eigenvalue weighted by Crippen LogP contribution is 2.42. The van der Waals surface area contributed by atoms with E-state index >= 15 is 0 Å². The summed E-state index contributed by atoms with van der Waals surface area (Å²) in [6.45, 7) is 0. The molecule has 0 amide bonds. The number of fused-ring (bicyclic) bond motifs is 12. The van der Waals surface area contributed by atoms with Crippen molar-refractivity contribution < 1.29 is 8.83 Å². The Morgan fingerprint density at radius 2 is 0.677 bits per heavy atom. The van der Waals surface area contributed by atoms with Gasteiger partial charge in [-0.3, -0.25) is 0 Å². The molecule has 0 unspecified atom stereocenters. The average Bonchev–Trinajstić information content (AvgIpc) is 3.93. The van der Waals surface area contributed by atoms with Gasteiger partial charge in [-0.25, -0.2) is 15.0 Å². The molecule has 62 heavy (non-hydrogen) atoms. The molecule has 13 aromatic rings. The van der Waals surface area contributed by atoms with Crippen LogP contribution < -0.4 is 0 Å². The monoisotopic (exact) mass is 791 g/mol. The van der Waals surface area contributed by atoms with Crippen molar-refractivity contribution in [2.75, 3.05) is 0 Å². The molecule has 10 aromatic carbocycles. The lowest BCUT2D eigenvalue weighted by molar-refractivity contribution is 0.668. The minimum atomic E-state index is 0.591. The molecule has 3 heterocycles. The number of furan rings is 2. The number of benzene rings is 10. The summed E-state index contributed by atoms with van der Waals surface area (Å²) < 4.78 is 12.7. The molecular weight excluding hydrogens is 759 g/mol. The Labute approximate surface area is 355 Å². The normalized spacial score (nSPS) is 11.9. The van der Waals surface area contributed by atoms with E-state index in [4.69, 9.17) is 23.8 Å². The zero-order valence-corrected chi connectivity index (χ0v) is 33.2. The summed E-state index contributed by atoms with van der Waals surface area (Å²) in [5.41, 5.74) is 10.5. The van der Waals surface area contributed by atoms with E-state index in [-0.39, 0.29) is 0 Å². The van der Waals surface area contributed by atoms with E-state index in [1.807, 2.05) is 60.7 Å². The summed E-state index contributed by atoms with van der Waals surface area (Å²) in [6.07, 6.45) is 0. The first-order valence-corrected chi connectivity index (χ1v) is 20.8. The van der Waals surface area contributed by atoms with Crippen molar-refractivity contribution in [2.24, 2.45) is 0 Å². The standard InChI is InChI=1S/C57H33N3O2/c1-2-12-35(13-3-1)55-58-56(60-57(59-55)46-20-11-23-52-54(46)45-18-8-9-21-49(45)61-52)36-26-24-34(25-27-36)39-19-10-22-51-53(39)48-33-38(29-31-50(48)62-51)37-28-30-44-42-16-5-4-14-40(42)41-15-6-7-17-43(41)47(44)32-37/h1-33H. The van der Waals surface area contributed by atoms with E-state index in [1.165, 1.54) is 37.9 Å². The van der Waals surface area contributed by atoms with E-state index in [2.05, 4.69) is 140 Å². The Hall–Kier alpha value is -8.41. The lowest BCUT2D eigenvalue weighted by Gasteiger charge is -2.12. The predicted molar refractivity (Wildman–Crippen MR) is 254 cm³/mol. The Balaban J connectivity index is 0.924. The van der Waals surface area contributed by atoms with Gasteiger partial charge in [-0.1, -0.05) is 164 Å². The third-order valence-corrected chi connectivity index (χ3v) is 12.3. The third kappa shape index (κ3) is 5.38. The van der Waals surface area contributed by atoms with Gasteiger partial charge in [-0.2, -0.15) is 0 Å². The van der Waals surface area contributed by atoms with Crippen LogP contribution >= 0.6 is 0 Å². The molecule has 0 spiro atoms. The number of hydrogen-bond acceptors (Lipinski definition) is 5. The number of para-hydroxylation sites is 1. The molecule has 0 saturated carbocycles. The van der Waals surface area contributed by atoms with Gasteiger partial charge in [-0.15, -0.1) is 0 Å². The van der Waals surface area contributed by atoms with Crippen LogP contribution in [0.3, 0.4) is 0 Å². The van der Waals surface area contributed by atoms with Gasteiger partial charge in [-0.05, 0) is 91.0 Å². The Morgan fingerprint density at radius 1 is 0.242 bits per heavy atom. The topological polar surface area (TPSA) is 65.0 Å². The van der Waals surface area contributed by atoms with Crippen LogP contribution in [0.25, 0.3) is 133 Å². The summed E-state index contributed by atoms with van der Waals surface area (Å²) in [5, 5.41) is 11.8. The van der Waals surface area contributed by atoms with Crippen molar-refractivity contribution in [3.63, 3.8) is 0 Å². The highest BCUT2D eigenvalue weighted by molar-refractivity contribution is 6.26. The van der Waals surface area contributed by atoms with Gasteiger partial charge < -0.3 is 8.83 Å². The second-order valence-electron chi connectivity index (χ2n) is 15.9. The second-order valence-corrected chi connectivity index (χ2v) is 15.9. The summed E-state index contributed by atoms with van der Waals surface area (Å²) in [4.78, 5) is 15.2. The van der Waals surface area contributed by atoms with Crippen molar-refractivity contribution >= 4 is 76.2 Å². The maximum atomic E-state index is 6.50. The quantitative estimate of drug-likeness (QED) is 0.162. The van der Waals surface area contributed by atoms with Crippen molar-refractivity contribution in [3.8, 4) is 56.4 Å². The number of nitrogens with zero attached hydrogens (tertiary/aromatic N) is 3. The van der Waals surface area contributed by atoms with E-state index in [1.54, 1.807) is 0 Å². The lowest BCUT2D eigenvalue weighted by atomic mass is 9.91. The van der Waals surface area contributed by atoms with Gasteiger partial charge in [0.1, 0.15) is 22.3 Å². The molecule has 0 aliphatic heterocycles. The van der Waals surface area contributed by atoms with Gasteiger partial charge in [0.05, 0.1) is 0 Å². The van der Waals surface area contributed by atoms with Gasteiger partial charge in [0.15, 0.2) is 17.5 Å². The van der Waals surface area contributed by atoms with Crippen LogP contribution in [0.15, 0.2) is 209 Å². The van der Waals surface area contributed by atoms with Crippen LogP contribution in [0.1, 0.15) is 0 Å². The minimum absolute atomic E-state index is 0.591. The van der Waals surface area contributed by atoms with Gasteiger partial charge >= 0.3 is 0 Å². The van der Waals surface area contributed by atoms with Crippen LogP contribution in [0.4, 0.5) is 0 Å². The number of rotatable bonds is 5. The van der Waals surface area contributed by atoms with Crippen LogP contribution in [-0.2, 0) is 0 Å². The third-order valence-electron chi connectivity index (χ3n) is 12.3. The average molecular weight is 792 g/mol. The first kappa shape index (κ1) is 34.5. The molecule has 0 aliphatic carbocycles. The maximum absolute atomic E-state index is 6.50. The van der Waals surface area contributed by atoms with Gasteiger partial charge in [0.2, 0.25) is 0 Å². The van der Waals surface area contributed by atoms with Crippen LogP contribution in [0.2, 0.25) is 0 Å². The number of hydrogen-bond donors (Lipinski definition) is 0. The molecule has 0 atom stereocenters. The second kappa shape index (κ2) is 13.6. The maximum Gasteiger partial charge on any atom is 0.164 e.